The summed E-state index contributed by atoms with van der Waals surface area (Å²) < 4.78 is 6.24. The highest BCUT2D eigenvalue weighted by molar-refractivity contribution is 6.05. The molecule has 3 heterocycles. The Labute approximate surface area is 169 Å². The van der Waals surface area contributed by atoms with E-state index in [0.717, 1.165) is 39.7 Å². The molecule has 0 N–H and O–H groups in total. The molecule has 1 fully saturated rings. The second kappa shape index (κ2) is 7.17. The monoisotopic (exact) mass is 383 g/mol. The molecule has 29 heavy (non-hydrogen) atoms. The lowest BCUT2D eigenvalue weighted by Crippen LogP contribution is -2.31. The molecule has 0 saturated carbocycles. The van der Waals surface area contributed by atoms with Gasteiger partial charge in [0.05, 0.1) is 17.6 Å². The maximum absolute atomic E-state index is 13.2. The third-order valence-electron chi connectivity index (χ3n) is 5.41. The van der Waals surface area contributed by atoms with E-state index >= 15 is 0 Å². The number of carbonyl (C=O) groups excluding carboxylic acids is 1. The van der Waals surface area contributed by atoms with Gasteiger partial charge in [-0.15, -0.1) is 0 Å². The van der Waals surface area contributed by atoms with Crippen LogP contribution in [-0.4, -0.2) is 40.0 Å². The largest absolute Gasteiger partial charge is 0.486 e. The third kappa shape index (κ3) is 3.29. The van der Waals surface area contributed by atoms with Gasteiger partial charge in [0, 0.05) is 35.6 Å². The number of ether oxygens (including phenoxy) is 1. The number of carbonyl (C=O) groups is 1. The first-order valence-corrected chi connectivity index (χ1v) is 9.85. The fourth-order valence-corrected chi connectivity index (χ4v) is 3.95. The number of aryl methyl sites for hydroxylation is 1. The molecule has 1 aliphatic heterocycles. The van der Waals surface area contributed by atoms with E-state index in [0.29, 0.717) is 18.7 Å². The Bertz CT molecular complexity index is 1220. The summed E-state index contributed by atoms with van der Waals surface area (Å²) in [5.74, 6) is 0.778. The molecule has 0 aliphatic carbocycles. The average molecular weight is 383 g/mol. The van der Waals surface area contributed by atoms with Gasteiger partial charge in [0.2, 0.25) is 0 Å². The number of fused-ring (bicyclic) bond motifs is 2. The molecular weight excluding hydrogens is 362 g/mol. The van der Waals surface area contributed by atoms with Crippen molar-refractivity contribution in [3.8, 4) is 5.75 Å². The van der Waals surface area contributed by atoms with Crippen LogP contribution < -0.4 is 4.74 Å². The quantitative estimate of drug-likeness (QED) is 0.527. The van der Waals surface area contributed by atoms with Gasteiger partial charge in [-0.3, -0.25) is 14.8 Å². The normalized spacial score (nSPS) is 16.4. The second-order valence-electron chi connectivity index (χ2n) is 7.44. The number of nitrogens with zero attached hydrogens (tertiary/aromatic N) is 3. The lowest BCUT2D eigenvalue weighted by atomic mass is 10.1. The van der Waals surface area contributed by atoms with E-state index in [2.05, 4.69) is 9.97 Å². The number of pyridine rings is 2. The first kappa shape index (κ1) is 17.6. The molecule has 0 radical (unpaired) electrons. The van der Waals surface area contributed by atoms with E-state index in [1.54, 1.807) is 6.20 Å². The number of benzene rings is 2. The molecule has 5 nitrogen and oxygen atoms in total. The number of amides is 1. The fourth-order valence-electron chi connectivity index (χ4n) is 3.95. The van der Waals surface area contributed by atoms with Crippen LogP contribution in [0.3, 0.4) is 0 Å². The molecule has 144 valence electrons. The predicted molar refractivity (Wildman–Crippen MR) is 113 cm³/mol. The van der Waals surface area contributed by atoms with Gasteiger partial charge in [-0.1, -0.05) is 36.4 Å². The number of para-hydroxylation sites is 2. The van der Waals surface area contributed by atoms with Crippen LogP contribution in [0.2, 0.25) is 0 Å². The molecule has 1 aliphatic rings. The highest BCUT2D eigenvalue weighted by Gasteiger charge is 2.29. The highest BCUT2D eigenvalue weighted by Crippen LogP contribution is 2.27. The van der Waals surface area contributed by atoms with Gasteiger partial charge in [0.1, 0.15) is 17.4 Å². The molecule has 1 unspecified atom stereocenters. The molecule has 1 saturated heterocycles. The van der Waals surface area contributed by atoms with Gasteiger partial charge < -0.3 is 9.64 Å². The van der Waals surface area contributed by atoms with Gasteiger partial charge in [0.25, 0.3) is 5.91 Å². The third-order valence-corrected chi connectivity index (χ3v) is 5.41. The highest BCUT2D eigenvalue weighted by atomic mass is 16.5. The van der Waals surface area contributed by atoms with E-state index in [-0.39, 0.29) is 12.0 Å². The number of hydrogen-bond donors (Lipinski definition) is 0. The van der Waals surface area contributed by atoms with Crippen molar-refractivity contribution in [1.82, 2.24) is 14.9 Å². The maximum atomic E-state index is 13.2. The number of likely N-dealkylation sites (tertiary alicyclic amines) is 1. The van der Waals surface area contributed by atoms with Crippen molar-refractivity contribution in [3.63, 3.8) is 0 Å². The smallest absolute Gasteiger partial charge is 0.256 e. The van der Waals surface area contributed by atoms with Gasteiger partial charge in [0.15, 0.2) is 0 Å². The molecule has 4 aromatic rings. The van der Waals surface area contributed by atoms with Gasteiger partial charge >= 0.3 is 0 Å². The number of aromatic nitrogens is 2. The first-order chi connectivity index (χ1) is 14.2. The van der Waals surface area contributed by atoms with Crippen molar-refractivity contribution in [3.05, 3.63) is 78.1 Å². The minimum absolute atomic E-state index is 0.0100. The Kier molecular flexibility index (Phi) is 4.35. The van der Waals surface area contributed by atoms with Crippen LogP contribution in [0.15, 0.2) is 66.9 Å². The predicted octanol–water partition coefficient (Wildman–Crippen LogP) is 4.38. The average Bonchev–Trinajstić information content (AvgIpc) is 3.21. The molecule has 1 amide bonds. The Morgan fingerprint density at radius 2 is 1.79 bits per heavy atom. The van der Waals surface area contributed by atoms with Crippen molar-refractivity contribution < 1.29 is 9.53 Å². The van der Waals surface area contributed by atoms with Crippen LogP contribution in [0, 0.1) is 6.92 Å². The second-order valence-corrected chi connectivity index (χ2v) is 7.44. The Morgan fingerprint density at radius 1 is 1.00 bits per heavy atom. The van der Waals surface area contributed by atoms with Crippen LogP contribution in [0.4, 0.5) is 0 Å². The molecule has 2 aromatic heterocycles. The number of rotatable bonds is 3. The molecule has 0 bridgehead atoms. The van der Waals surface area contributed by atoms with Crippen molar-refractivity contribution in [2.24, 2.45) is 0 Å². The molecule has 5 rings (SSSR count). The van der Waals surface area contributed by atoms with Crippen LogP contribution in [0.5, 0.6) is 5.75 Å². The summed E-state index contributed by atoms with van der Waals surface area (Å²) >= 11 is 0. The zero-order valence-electron chi connectivity index (χ0n) is 16.2. The summed E-state index contributed by atoms with van der Waals surface area (Å²) in [5, 5.41) is 2.03. The Balaban J connectivity index is 1.37. The van der Waals surface area contributed by atoms with Crippen molar-refractivity contribution >= 4 is 27.7 Å². The van der Waals surface area contributed by atoms with Crippen molar-refractivity contribution in [2.45, 2.75) is 19.4 Å². The summed E-state index contributed by atoms with van der Waals surface area (Å²) in [5.41, 5.74) is 3.18. The lowest BCUT2D eigenvalue weighted by molar-refractivity contribution is 0.0774. The first-order valence-electron chi connectivity index (χ1n) is 9.85. The van der Waals surface area contributed by atoms with Gasteiger partial charge in [-0.2, -0.15) is 0 Å². The fraction of sp³-hybridized carbons (Fsp3) is 0.208. The molecular formula is C24H21N3O2. The zero-order valence-corrected chi connectivity index (χ0v) is 16.2. The van der Waals surface area contributed by atoms with Gasteiger partial charge in [-0.05, 0) is 31.2 Å². The summed E-state index contributed by atoms with van der Waals surface area (Å²) in [6, 6.07) is 19.6. The minimum Gasteiger partial charge on any atom is -0.486 e. The zero-order chi connectivity index (χ0) is 19.8. The lowest BCUT2D eigenvalue weighted by Gasteiger charge is -2.18. The standard InChI is InChI=1S/C24H21N3O2/c1-16-10-11-18-5-2-8-20(22(18)26-16)24(28)27-14-12-19(15-27)29-21-9-3-6-17-7-4-13-25-23(17)21/h2-11,13,19H,12,14-15H2,1H3. The molecule has 1 atom stereocenters. The van der Waals surface area contributed by atoms with E-state index in [1.807, 2.05) is 72.5 Å². The summed E-state index contributed by atoms with van der Waals surface area (Å²) in [6.07, 6.45) is 2.53. The summed E-state index contributed by atoms with van der Waals surface area (Å²) in [6.45, 7) is 3.17. The van der Waals surface area contributed by atoms with Crippen molar-refractivity contribution in [2.75, 3.05) is 13.1 Å². The SMILES string of the molecule is Cc1ccc2cccc(C(=O)N3CCC(Oc4cccc5cccnc45)C3)c2n1. The van der Waals surface area contributed by atoms with E-state index in [1.165, 1.54) is 0 Å². The minimum atomic E-state index is -0.0452. The topological polar surface area (TPSA) is 55.3 Å². The van der Waals surface area contributed by atoms with Crippen LogP contribution in [-0.2, 0) is 0 Å². The summed E-state index contributed by atoms with van der Waals surface area (Å²) in [7, 11) is 0. The van der Waals surface area contributed by atoms with Crippen LogP contribution in [0.25, 0.3) is 21.8 Å². The van der Waals surface area contributed by atoms with E-state index in [4.69, 9.17) is 4.74 Å². The molecule has 0 spiro atoms. The Morgan fingerprint density at radius 3 is 2.69 bits per heavy atom. The Hall–Kier alpha value is -3.47. The van der Waals surface area contributed by atoms with Gasteiger partial charge in [-0.25, -0.2) is 0 Å². The van der Waals surface area contributed by atoms with Crippen LogP contribution in [0.1, 0.15) is 22.5 Å². The number of hydrogen-bond acceptors (Lipinski definition) is 4. The van der Waals surface area contributed by atoms with E-state index < -0.39 is 0 Å². The van der Waals surface area contributed by atoms with Crippen molar-refractivity contribution in [1.29, 1.82) is 0 Å². The van der Waals surface area contributed by atoms with E-state index in [9.17, 15) is 4.79 Å². The summed E-state index contributed by atoms with van der Waals surface area (Å²) in [4.78, 5) is 24.1. The molecule has 2 aromatic carbocycles. The molecule has 5 heteroatoms. The van der Waals surface area contributed by atoms with Crippen LogP contribution >= 0.6 is 0 Å². The maximum Gasteiger partial charge on any atom is 0.256 e.